The van der Waals surface area contributed by atoms with Gasteiger partial charge in [0.05, 0.1) is 0 Å². The third kappa shape index (κ3) is 2.02. The molecule has 0 bridgehead atoms. The van der Waals surface area contributed by atoms with Gasteiger partial charge in [-0.15, -0.1) is 0 Å². The van der Waals surface area contributed by atoms with E-state index in [-0.39, 0.29) is 17.5 Å². The van der Waals surface area contributed by atoms with E-state index in [0.717, 1.165) is 12.3 Å². The molecule has 0 spiro atoms. The van der Waals surface area contributed by atoms with Crippen molar-refractivity contribution in [2.24, 2.45) is 17.3 Å². The molecule has 90 valence electrons. The molecule has 1 fully saturated rings. The first-order valence-corrected chi connectivity index (χ1v) is 6.26. The second-order valence-corrected chi connectivity index (χ2v) is 6.14. The monoisotopic (exact) mass is 222 g/mol. The highest BCUT2D eigenvalue weighted by Crippen LogP contribution is 2.51. The molecule has 2 aliphatic rings. The summed E-state index contributed by atoms with van der Waals surface area (Å²) in [5, 5.41) is 0. The Balaban J connectivity index is 2.18. The summed E-state index contributed by atoms with van der Waals surface area (Å²) in [7, 11) is 0. The molecule has 1 unspecified atom stereocenters. The first-order valence-electron chi connectivity index (χ1n) is 6.26. The Labute approximate surface area is 98.1 Å². The lowest BCUT2D eigenvalue weighted by atomic mass is 9.63. The van der Waals surface area contributed by atoms with Crippen LogP contribution in [-0.2, 0) is 9.53 Å². The maximum absolute atomic E-state index is 11.1. The molecule has 2 heteroatoms. The zero-order chi connectivity index (χ0) is 11.9. The third-order valence-electron chi connectivity index (χ3n) is 4.00. The minimum atomic E-state index is -0.144. The number of carbonyl (C=O) groups is 1. The number of fused-ring (bicyclic) bond motifs is 1. The van der Waals surface area contributed by atoms with Crippen LogP contribution in [0.3, 0.4) is 0 Å². The molecule has 0 aromatic rings. The van der Waals surface area contributed by atoms with Gasteiger partial charge in [-0.3, -0.25) is 4.79 Å². The summed E-state index contributed by atoms with van der Waals surface area (Å²) in [6.07, 6.45) is 5.72. The van der Waals surface area contributed by atoms with Crippen molar-refractivity contribution in [3.05, 3.63) is 11.6 Å². The Hall–Kier alpha value is -0.790. The molecular weight excluding hydrogens is 200 g/mol. The predicted molar refractivity (Wildman–Crippen MR) is 63.9 cm³/mol. The molecule has 0 radical (unpaired) electrons. The number of ether oxygens (including phenoxy) is 1. The van der Waals surface area contributed by atoms with Crippen LogP contribution in [0.15, 0.2) is 11.6 Å². The molecule has 3 atom stereocenters. The van der Waals surface area contributed by atoms with Crippen molar-refractivity contribution in [1.82, 2.24) is 0 Å². The van der Waals surface area contributed by atoms with E-state index in [4.69, 9.17) is 4.74 Å². The lowest BCUT2D eigenvalue weighted by Crippen LogP contribution is -2.39. The number of rotatable bonds is 1. The van der Waals surface area contributed by atoms with Crippen molar-refractivity contribution in [2.75, 3.05) is 0 Å². The lowest BCUT2D eigenvalue weighted by Gasteiger charge is -2.43. The highest BCUT2D eigenvalue weighted by atomic mass is 16.5. The van der Waals surface area contributed by atoms with Crippen LogP contribution in [0.25, 0.3) is 0 Å². The molecule has 0 amide bonds. The van der Waals surface area contributed by atoms with Gasteiger partial charge in [-0.05, 0) is 24.2 Å². The Bertz CT molecular complexity index is 328. The average Bonchev–Trinajstić information content (AvgIpc) is 2.45. The van der Waals surface area contributed by atoms with Crippen molar-refractivity contribution in [3.63, 3.8) is 0 Å². The van der Waals surface area contributed by atoms with Crippen LogP contribution in [0.2, 0.25) is 0 Å². The minimum Gasteiger partial charge on any atom is -0.462 e. The SMILES string of the molecule is CC(=O)O[C@H]1CC=C2CC(C)CC(C)(C)[C@@H]21. The standard InChI is InChI=1S/C14H22O2/c1-9-7-11-5-6-12(16-10(2)15)13(11)14(3,4)8-9/h5,9,12-13H,6-8H2,1-4H3/t9?,12-,13-/m0/s1. The van der Waals surface area contributed by atoms with Gasteiger partial charge >= 0.3 is 5.97 Å². The van der Waals surface area contributed by atoms with Gasteiger partial charge in [0.25, 0.3) is 0 Å². The molecule has 2 nitrogen and oxygen atoms in total. The topological polar surface area (TPSA) is 26.3 Å². The second kappa shape index (κ2) is 3.90. The van der Waals surface area contributed by atoms with Crippen LogP contribution < -0.4 is 0 Å². The number of hydrogen-bond acceptors (Lipinski definition) is 2. The second-order valence-electron chi connectivity index (χ2n) is 6.14. The highest BCUT2D eigenvalue weighted by Gasteiger charge is 2.46. The number of hydrogen-bond donors (Lipinski definition) is 0. The van der Waals surface area contributed by atoms with E-state index in [1.54, 1.807) is 0 Å². The van der Waals surface area contributed by atoms with E-state index in [0.29, 0.717) is 5.92 Å². The predicted octanol–water partition coefficient (Wildman–Crippen LogP) is 3.32. The summed E-state index contributed by atoms with van der Waals surface area (Å²) >= 11 is 0. The van der Waals surface area contributed by atoms with Gasteiger partial charge in [-0.25, -0.2) is 0 Å². The van der Waals surface area contributed by atoms with Gasteiger partial charge in [0.1, 0.15) is 6.10 Å². The summed E-state index contributed by atoms with van der Waals surface area (Å²) in [5.41, 5.74) is 1.79. The van der Waals surface area contributed by atoms with E-state index in [1.807, 2.05) is 0 Å². The molecular formula is C14H22O2. The molecule has 1 saturated carbocycles. The molecule has 0 saturated heterocycles. The molecule has 0 aromatic heterocycles. The molecule has 0 aromatic carbocycles. The van der Waals surface area contributed by atoms with Crippen LogP contribution in [-0.4, -0.2) is 12.1 Å². The molecule has 0 aliphatic heterocycles. The van der Waals surface area contributed by atoms with Crippen molar-refractivity contribution in [3.8, 4) is 0 Å². The van der Waals surface area contributed by atoms with Crippen molar-refractivity contribution < 1.29 is 9.53 Å². The minimum absolute atomic E-state index is 0.0926. The summed E-state index contributed by atoms with van der Waals surface area (Å²) in [5.74, 6) is 1.07. The first kappa shape index (κ1) is 11.7. The molecule has 0 N–H and O–H groups in total. The first-order chi connectivity index (χ1) is 7.40. The van der Waals surface area contributed by atoms with E-state index in [1.165, 1.54) is 25.3 Å². The quantitative estimate of drug-likeness (QED) is 0.502. The Morgan fingerprint density at radius 2 is 2.19 bits per heavy atom. The van der Waals surface area contributed by atoms with Crippen LogP contribution >= 0.6 is 0 Å². The summed E-state index contributed by atoms with van der Waals surface area (Å²) in [4.78, 5) is 11.1. The normalized spacial score (nSPS) is 36.5. The highest BCUT2D eigenvalue weighted by molar-refractivity contribution is 5.66. The van der Waals surface area contributed by atoms with Crippen LogP contribution in [0.5, 0.6) is 0 Å². The van der Waals surface area contributed by atoms with E-state index in [2.05, 4.69) is 26.8 Å². The van der Waals surface area contributed by atoms with Crippen molar-refractivity contribution in [2.45, 2.75) is 53.1 Å². The van der Waals surface area contributed by atoms with Gasteiger partial charge in [-0.2, -0.15) is 0 Å². The lowest BCUT2D eigenvalue weighted by molar-refractivity contribution is -0.150. The van der Waals surface area contributed by atoms with Crippen LogP contribution in [0, 0.1) is 17.3 Å². The third-order valence-corrected chi connectivity index (χ3v) is 4.00. The molecule has 2 aliphatic carbocycles. The van der Waals surface area contributed by atoms with Crippen molar-refractivity contribution in [1.29, 1.82) is 0 Å². The number of esters is 1. The zero-order valence-electron chi connectivity index (χ0n) is 10.7. The fourth-order valence-corrected chi connectivity index (χ4v) is 3.81. The summed E-state index contributed by atoms with van der Waals surface area (Å²) in [6, 6.07) is 0. The summed E-state index contributed by atoms with van der Waals surface area (Å²) in [6.45, 7) is 8.44. The Morgan fingerprint density at radius 3 is 2.81 bits per heavy atom. The van der Waals surface area contributed by atoms with Gasteiger partial charge in [0.2, 0.25) is 0 Å². The fraction of sp³-hybridized carbons (Fsp3) is 0.786. The molecule has 2 rings (SSSR count). The maximum Gasteiger partial charge on any atom is 0.302 e. The molecule has 0 heterocycles. The fourth-order valence-electron chi connectivity index (χ4n) is 3.81. The van der Waals surface area contributed by atoms with Gasteiger partial charge in [-0.1, -0.05) is 32.4 Å². The average molecular weight is 222 g/mol. The number of carbonyl (C=O) groups excluding carboxylic acids is 1. The zero-order valence-corrected chi connectivity index (χ0v) is 10.7. The maximum atomic E-state index is 11.1. The van der Waals surface area contributed by atoms with E-state index in [9.17, 15) is 4.79 Å². The molecule has 16 heavy (non-hydrogen) atoms. The Kier molecular flexibility index (Phi) is 2.85. The smallest absolute Gasteiger partial charge is 0.302 e. The van der Waals surface area contributed by atoms with Crippen molar-refractivity contribution >= 4 is 5.97 Å². The summed E-state index contributed by atoms with van der Waals surface area (Å²) < 4.78 is 5.46. The van der Waals surface area contributed by atoms with E-state index >= 15 is 0 Å². The largest absolute Gasteiger partial charge is 0.462 e. The Morgan fingerprint density at radius 1 is 1.50 bits per heavy atom. The van der Waals surface area contributed by atoms with Gasteiger partial charge < -0.3 is 4.74 Å². The van der Waals surface area contributed by atoms with Crippen LogP contribution in [0.4, 0.5) is 0 Å². The van der Waals surface area contributed by atoms with E-state index < -0.39 is 0 Å². The van der Waals surface area contributed by atoms with Gasteiger partial charge in [0, 0.05) is 19.3 Å². The van der Waals surface area contributed by atoms with Gasteiger partial charge in [0.15, 0.2) is 0 Å². The van der Waals surface area contributed by atoms with Crippen LogP contribution in [0.1, 0.15) is 47.0 Å².